The van der Waals surface area contributed by atoms with Crippen molar-refractivity contribution in [2.75, 3.05) is 13.2 Å². The molecule has 0 atom stereocenters. The first kappa shape index (κ1) is 18.9. The highest BCUT2D eigenvalue weighted by Crippen LogP contribution is 2.36. The van der Waals surface area contributed by atoms with Crippen LogP contribution in [-0.4, -0.2) is 25.0 Å². The fourth-order valence-electron chi connectivity index (χ4n) is 3.52. The van der Waals surface area contributed by atoms with E-state index in [1.807, 2.05) is 60.7 Å². The van der Waals surface area contributed by atoms with Crippen LogP contribution in [0.15, 0.2) is 72.8 Å². The molecular weight excluding hydrogens is 364 g/mol. The van der Waals surface area contributed by atoms with Crippen LogP contribution >= 0.6 is 0 Å². The molecule has 4 heteroatoms. The maximum atomic E-state index is 12.5. The van der Waals surface area contributed by atoms with Gasteiger partial charge in [0.2, 0.25) is 0 Å². The molecule has 0 N–H and O–H groups in total. The molecule has 0 unspecified atom stereocenters. The lowest BCUT2D eigenvalue weighted by Gasteiger charge is -2.08. The summed E-state index contributed by atoms with van der Waals surface area (Å²) in [4.78, 5) is 24.4. The van der Waals surface area contributed by atoms with Gasteiger partial charge in [0.25, 0.3) is 0 Å². The Morgan fingerprint density at radius 3 is 2.45 bits per heavy atom. The van der Waals surface area contributed by atoms with Crippen LogP contribution in [0.1, 0.15) is 34.3 Å². The fraction of sp³-hybridized carbons (Fsp3) is 0.200. The number of esters is 1. The Bertz CT molecular complexity index is 1020. The van der Waals surface area contributed by atoms with E-state index in [1.54, 1.807) is 0 Å². The number of ketones is 1. The Hall–Kier alpha value is -3.40. The summed E-state index contributed by atoms with van der Waals surface area (Å²) >= 11 is 0. The third kappa shape index (κ3) is 4.54. The summed E-state index contributed by atoms with van der Waals surface area (Å²) in [6, 6.07) is 23.4. The van der Waals surface area contributed by atoms with Crippen molar-refractivity contribution in [3.8, 4) is 16.9 Å². The summed E-state index contributed by atoms with van der Waals surface area (Å²) in [5.41, 5.74) is 5.33. The number of ether oxygens (including phenoxy) is 2. The molecule has 146 valence electrons. The van der Waals surface area contributed by atoms with Gasteiger partial charge in [-0.25, -0.2) is 0 Å². The van der Waals surface area contributed by atoms with Crippen LogP contribution in [0.3, 0.4) is 0 Å². The molecular formula is C25H22O4. The SMILES string of the molecule is O=C(CCCOc1ccccc1)OCC(=O)c1ccc2c(c1)-c1ccccc1C2. The molecule has 0 amide bonds. The van der Waals surface area contributed by atoms with Gasteiger partial charge in [-0.2, -0.15) is 0 Å². The zero-order chi connectivity index (χ0) is 20.1. The summed E-state index contributed by atoms with van der Waals surface area (Å²) in [6.07, 6.45) is 1.65. The van der Waals surface area contributed by atoms with E-state index in [-0.39, 0.29) is 24.8 Å². The standard InChI is InChI=1S/C25H22O4/c26-24(17-29-25(27)11-6-14-28-21-8-2-1-3-9-21)20-13-12-19-15-18-7-4-5-10-22(18)23(19)16-20/h1-5,7-10,12-13,16H,6,11,14-15,17H2. The zero-order valence-electron chi connectivity index (χ0n) is 16.1. The van der Waals surface area contributed by atoms with Crippen molar-refractivity contribution in [3.05, 3.63) is 89.5 Å². The van der Waals surface area contributed by atoms with Gasteiger partial charge < -0.3 is 9.47 Å². The molecule has 0 saturated heterocycles. The Morgan fingerprint density at radius 2 is 1.59 bits per heavy atom. The summed E-state index contributed by atoms with van der Waals surface area (Å²) in [5, 5.41) is 0. The lowest BCUT2D eigenvalue weighted by molar-refractivity contribution is -0.142. The average Bonchev–Trinajstić information content (AvgIpc) is 3.13. The highest BCUT2D eigenvalue weighted by molar-refractivity contribution is 5.99. The molecule has 0 fully saturated rings. The van der Waals surface area contributed by atoms with Crippen LogP contribution in [0, 0.1) is 0 Å². The van der Waals surface area contributed by atoms with Gasteiger partial charge in [0, 0.05) is 12.0 Å². The van der Waals surface area contributed by atoms with Crippen molar-refractivity contribution in [2.24, 2.45) is 0 Å². The molecule has 1 aliphatic carbocycles. The van der Waals surface area contributed by atoms with Crippen LogP contribution in [0.4, 0.5) is 0 Å². The van der Waals surface area contributed by atoms with Crippen molar-refractivity contribution in [1.29, 1.82) is 0 Å². The second kappa shape index (κ2) is 8.74. The number of Topliss-reactive ketones (excluding diaryl/α,β-unsaturated/α-hetero) is 1. The Balaban J connectivity index is 1.26. The second-order valence-corrected chi connectivity index (χ2v) is 7.05. The van der Waals surface area contributed by atoms with E-state index in [0.29, 0.717) is 18.6 Å². The molecule has 0 aromatic heterocycles. The van der Waals surface area contributed by atoms with E-state index >= 15 is 0 Å². The first-order chi connectivity index (χ1) is 14.2. The van der Waals surface area contributed by atoms with Gasteiger partial charge in [0.15, 0.2) is 12.4 Å². The smallest absolute Gasteiger partial charge is 0.306 e. The number of para-hydroxylation sites is 1. The number of hydrogen-bond donors (Lipinski definition) is 0. The normalized spacial score (nSPS) is 11.4. The van der Waals surface area contributed by atoms with Crippen LogP contribution in [0.5, 0.6) is 5.75 Å². The maximum absolute atomic E-state index is 12.5. The molecule has 0 saturated carbocycles. The van der Waals surface area contributed by atoms with Crippen molar-refractivity contribution < 1.29 is 19.1 Å². The van der Waals surface area contributed by atoms with Gasteiger partial charge in [0.1, 0.15) is 5.75 Å². The summed E-state index contributed by atoms with van der Waals surface area (Å²) in [6.45, 7) is 0.191. The van der Waals surface area contributed by atoms with Gasteiger partial charge in [-0.1, -0.05) is 54.6 Å². The molecule has 0 aliphatic heterocycles. The predicted octanol–water partition coefficient (Wildman–Crippen LogP) is 4.84. The number of fused-ring (bicyclic) bond motifs is 3. The third-order valence-electron chi connectivity index (χ3n) is 5.02. The minimum absolute atomic E-state index is 0.189. The second-order valence-electron chi connectivity index (χ2n) is 7.05. The van der Waals surface area contributed by atoms with Gasteiger partial charge in [-0.3, -0.25) is 9.59 Å². The van der Waals surface area contributed by atoms with Crippen molar-refractivity contribution in [2.45, 2.75) is 19.3 Å². The van der Waals surface area contributed by atoms with Gasteiger partial charge in [-0.05, 0) is 53.3 Å². The molecule has 29 heavy (non-hydrogen) atoms. The van der Waals surface area contributed by atoms with Crippen molar-refractivity contribution >= 4 is 11.8 Å². The van der Waals surface area contributed by atoms with E-state index < -0.39 is 0 Å². The number of carbonyl (C=O) groups excluding carboxylic acids is 2. The van der Waals surface area contributed by atoms with Crippen molar-refractivity contribution in [1.82, 2.24) is 0 Å². The average molecular weight is 386 g/mol. The van der Waals surface area contributed by atoms with Gasteiger partial charge in [-0.15, -0.1) is 0 Å². The van der Waals surface area contributed by atoms with Crippen LogP contribution in [-0.2, 0) is 16.0 Å². The summed E-state index contributed by atoms with van der Waals surface area (Å²) < 4.78 is 10.7. The van der Waals surface area contributed by atoms with E-state index in [1.165, 1.54) is 16.7 Å². The highest BCUT2D eigenvalue weighted by Gasteiger charge is 2.20. The maximum Gasteiger partial charge on any atom is 0.306 e. The Kier molecular flexibility index (Phi) is 5.71. The van der Waals surface area contributed by atoms with Crippen molar-refractivity contribution in [3.63, 3.8) is 0 Å². The molecule has 0 heterocycles. The first-order valence-electron chi connectivity index (χ1n) is 9.78. The first-order valence-corrected chi connectivity index (χ1v) is 9.78. The van der Waals surface area contributed by atoms with Gasteiger partial charge >= 0.3 is 5.97 Å². The highest BCUT2D eigenvalue weighted by atomic mass is 16.5. The van der Waals surface area contributed by atoms with Crippen LogP contribution < -0.4 is 4.74 Å². The van der Waals surface area contributed by atoms with E-state index in [4.69, 9.17) is 9.47 Å². The monoisotopic (exact) mass is 386 g/mol. The van der Waals surface area contributed by atoms with Gasteiger partial charge in [0.05, 0.1) is 6.61 Å². The van der Waals surface area contributed by atoms with Crippen LogP contribution in [0.25, 0.3) is 11.1 Å². The minimum Gasteiger partial charge on any atom is -0.494 e. The lowest BCUT2D eigenvalue weighted by atomic mass is 10.0. The lowest BCUT2D eigenvalue weighted by Crippen LogP contribution is -2.15. The summed E-state index contributed by atoms with van der Waals surface area (Å²) in [7, 11) is 0. The summed E-state index contributed by atoms with van der Waals surface area (Å²) in [5.74, 6) is 0.196. The minimum atomic E-state index is -0.387. The molecule has 3 aromatic rings. The largest absolute Gasteiger partial charge is 0.494 e. The molecule has 3 aromatic carbocycles. The Morgan fingerprint density at radius 1 is 0.828 bits per heavy atom. The predicted molar refractivity (Wildman–Crippen MR) is 111 cm³/mol. The molecule has 0 radical (unpaired) electrons. The topological polar surface area (TPSA) is 52.6 Å². The third-order valence-corrected chi connectivity index (χ3v) is 5.02. The van der Waals surface area contributed by atoms with E-state index in [0.717, 1.165) is 17.7 Å². The molecule has 0 spiro atoms. The number of benzene rings is 3. The Labute approximate surface area is 170 Å². The number of hydrogen-bond acceptors (Lipinski definition) is 4. The van der Waals surface area contributed by atoms with E-state index in [9.17, 15) is 9.59 Å². The molecule has 0 bridgehead atoms. The van der Waals surface area contributed by atoms with E-state index in [2.05, 4.69) is 12.1 Å². The zero-order valence-corrected chi connectivity index (χ0v) is 16.1. The fourth-order valence-corrected chi connectivity index (χ4v) is 3.52. The molecule has 4 rings (SSSR count). The number of rotatable bonds is 8. The molecule has 4 nitrogen and oxygen atoms in total. The molecule has 1 aliphatic rings. The number of carbonyl (C=O) groups is 2. The quantitative estimate of drug-likeness (QED) is 0.247. The van der Waals surface area contributed by atoms with Crippen LogP contribution in [0.2, 0.25) is 0 Å².